The van der Waals surface area contributed by atoms with Gasteiger partial charge in [-0.25, -0.2) is 0 Å². The topological polar surface area (TPSA) is 55.1 Å². The van der Waals surface area contributed by atoms with Crippen LogP contribution in [0.4, 0.5) is 0 Å². The van der Waals surface area contributed by atoms with Gasteiger partial charge in [-0.1, -0.05) is 43.2 Å². The largest absolute Gasteiger partial charge is 0.352 e. The minimum absolute atomic E-state index is 0. The minimum Gasteiger partial charge on any atom is -0.352 e. The van der Waals surface area contributed by atoms with Gasteiger partial charge in [0, 0.05) is 11.8 Å². The maximum atomic E-state index is 12.3. The van der Waals surface area contributed by atoms with E-state index in [1.165, 1.54) is 18.4 Å². The van der Waals surface area contributed by atoms with E-state index in [9.17, 15) is 4.79 Å². The van der Waals surface area contributed by atoms with Crippen LogP contribution in [0, 0.1) is 5.92 Å². The van der Waals surface area contributed by atoms with E-state index in [4.69, 9.17) is 5.73 Å². The number of rotatable bonds is 6. The molecule has 1 aromatic carbocycles. The highest BCUT2D eigenvalue weighted by atomic mass is 35.5. The van der Waals surface area contributed by atoms with E-state index >= 15 is 0 Å². The molecule has 0 aromatic heterocycles. The molecular formula is C17H27ClN2OS. The maximum absolute atomic E-state index is 12.3. The number of carbonyl (C=O) groups is 1. The first kappa shape index (κ1) is 19.3. The lowest BCUT2D eigenvalue weighted by atomic mass is 9.84. The third kappa shape index (κ3) is 5.82. The predicted octanol–water partition coefficient (Wildman–Crippen LogP) is 3.36. The van der Waals surface area contributed by atoms with Crippen LogP contribution in [0.1, 0.15) is 38.2 Å². The molecule has 1 aromatic rings. The van der Waals surface area contributed by atoms with E-state index < -0.39 is 0 Å². The lowest BCUT2D eigenvalue weighted by Crippen LogP contribution is -2.47. The summed E-state index contributed by atoms with van der Waals surface area (Å²) < 4.78 is 0. The lowest BCUT2D eigenvalue weighted by molar-refractivity contribution is -0.121. The molecule has 2 rings (SSSR count). The second-order valence-electron chi connectivity index (χ2n) is 5.83. The lowest BCUT2D eigenvalue weighted by Gasteiger charge is -2.32. The van der Waals surface area contributed by atoms with Crippen molar-refractivity contribution in [2.45, 2.75) is 49.7 Å². The van der Waals surface area contributed by atoms with E-state index in [0.29, 0.717) is 12.5 Å². The van der Waals surface area contributed by atoms with Crippen molar-refractivity contribution in [3.8, 4) is 0 Å². The quantitative estimate of drug-likeness (QED) is 0.833. The second kappa shape index (κ2) is 10.1. The zero-order valence-electron chi connectivity index (χ0n) is 13.2. The molecule has 0 aliphatic heterocycles. The second-order valence-corrected chi connectivity index (χ2v) is 7.16. The Morgan fingerprint density at radius 1 is 1.32 bits per heavy atom. The molecule has 0 heterocycles. The van der Waals surface area contributed by atoms with Crippen molar-refractivity contribution in [2.24, 2.45) is 11.7 Å². The highest BCUT2D eigenvalue weighted by molar-refractivity contribution is 7.99. The Balaban J connectivity index is 0.00000242. The molecule has 1 saturated carbocycles. The summed E-state index contributed by atoms with van der Waals surface area (Å²) in [5.41, 5.74) is 7.09. The molecule has 22 heavy (non-hydrogen) atoms. The van der Waals surface area contributed by atoms with Gasteiger partial charge in [0.2, 0.25) is 5.91 Å². The van der Waals surface area contributed by atoms with Crippen molar-refractivity contribution < 1.29 is 4.79 Å². The molecule has 3 nitrogen and oxygen atoms in total. The van der Waals surface area contributed by atoms with Crippen molar-refractivity contribution in [3.05, 3.63) is 35.9 Å². The van der Waals surface area contributed by atoms with Gasteiger partial charge in [0.05, 0.1) is 5.25 Å². The van der Waals surface area contributed by atoms with Gasteiger partial charge < -0.3 is 11.1 Å². The summed E-state index contributed by atoms with van der Waals surface area (Å²) in [6.07, 6.45) is 4.66. The number of amides is 1. The van der Waals surface area contributed by atoms with Crippen molar-refractivity contribution in [1.29, 1.82) is 0 Å². The highest BCUT2D eigenvalue weighted by Gasteiger charge is 2.26. The zero-order valence-corrected chi connectivity index (χ0v) is 14.8. The van der Waals surface area contributed by atoms with Crippen molar-refractivity contribution in [2.75, 3.05) is 6.54 Å². The molecule has 1 aliphatic carbocycles. The maximum Gasteiger partial charge on any atom is 0.233 e. The van der Waals surface area contributed by atoms with Gasteiger partial charge in [-0.2, -0.15) is 0 Å². The fourth-order valence-electron chi connectivity index (χ4n) is 2.85. The Morgan fingerprint density at radius 3 is 2.68 bits per heavy atom. The van der Waals surface area contributed by atoms with Crippen molar-refractivity contribution in [3.63, 3.8) is 0 Å². The smallest absolute Gasteiger partial charge is 0.233 e. The van der Waals surface area contributed by atoms with Gasteiger partial charge in [0.15, 0.2) is 0 Å². The molecule has 1 amide bonds. The number of nitrogens with one attached hydrogen (secondary N) is 1. The van der Waals surface area contributed by atoms with Crippen LogP contribution in [-0.4, -0.2) is 23.7 Å². The summed E-state index contributed by atoms with van der Waals surface area (Å²) in [6, 6.07) is 10.6. The zero-order chi connectivity index (χ0) is 15.1. The average Bonchev–Trinajstić information content (AvgIpc) is 2.54. The van der Waals surface area contributed by atoms with Crippen molar-refractivity contribution in [1.82, 2.24) is 5.32 Å². The Kier molecular flexibility index (Phi) is 8.91. The number of thioether (sulfide) groups is 1. The monoisotopic (exact) mass is 342 g/mol. The van der Waals surface area contributed by atoms with Crippen LogP contribution in [0.25, 0.3) is 0 Å². The fourth-order valence-corrected chi connectivity index (χ4v) is 3.71. The van der Waals surface area contributed by atoms with Crippen LogP contribution < -0.4 is 11.1 Å². The third-order valence-corrected chi connectivity index (χ3v) is 5.47. The Hall–Kier alpha value is -0.710. The van der Waals surface area contributed by atoms with E-state index in [2.05, 4.69) is 17.4 Å². The van der Waals surface area contributed by atoms with Gasteiger partial charge >= 0.3 is 0 Å². The third-order valence-electron chi connectivity index (χ3n) is 4.25. The summed E-state index contributed by atoms with van der Waals surface area (Å²) in [4.78, 5) is 12.3. The molecule has 1 aliphatic rings. The van der Waals surface area contributed by atoms with Crippen LogP contribution in [0.5, 0.6) is 0 Å². The molecule has 3 atom stereocenters. The first-order chi connectivity index (χ1) is 10.2. The molecule has 3 unspecified atom stereocenters. The molecule has 5 heteroatoms. The van der Waals surface area contributed by atoms with Crippen LogP contribution in [0.15, 0.2) is 30.3 Å². The minimum atomic E-state index is -0.0226. The predicted molar refractivity (Wildman–Crippen MR) is 97.4 cm³/mol. The van der Waals surface area contributed by atoms with Gasteiger partial charge in [0.1, 0.15) is 0 Å². The van der Waals surface area contributed by atoms with Crippen LogP contribution in [0.2, 0.25) is 0 Å². The first-order valence-corrected chi connectivity index (χ1v) is 8.91. The summed E-state index contributed by atoms with van der Waals surface area (Å²) in [5, 5.41) is 3.19. The van der Waals surface area contributed by atoms with Gasteiger partial charge in [-0.05, 0) is 37.8 Å². The summed E-state index contributed by atoms with van der Waals surface area (Å²) in [7, 11) is 0. The van der Waals surface area contributed by atoms with Gasteiger partial charge in [-0.15, -0.1) is 24.2 Å². The van der Waals surface area contributed by atoms with Crippen LogP contribution in [-0.2, 0) is 10.5 Å². The Bertz CT molecular complexity index is 444. The molecule has 0 bridgehead atoms. The highest BCUT2D eigenvalue weighted by Crippen LogP contribution is 2.24. The Morgan fingerprint density at radius 2 is 2.00 bits per heavy atom. The number of halogens is 1. The summed E-state index contributed by atoms with van der Waals surface area (Å²) in [5.74, 6) is 1.48. The summed E-state index contributed by atoms with van der Waals surface area (Å²) in [6.45, 7) is 2.67. The number of hydrogen-bond donors (Lipinski definition) is 2. The normalized spacial score (nSPS) is 22.5. The fraction of sp³-hybridized carbons (Fsp3) is 0.588. The van der Waals surface area contributed by atoms with Crippen LogP contribution in [0.3, 0.4) is 0 Å². The summed E-state index contributed by atoms with van der Waals surface area (Å²) >= 11 is 1.69. The average molecular weight is 343 g/mol. The molecule has 0 spiro atoms. The number of hydrogen-bond acceptors (Lipinski definition) is 3. The first-order valence-electron chi connectivity index (χ1n) is 7.86. The number of nitrogens with two attached hydrogens (primary N) is 1. The van der Waals surface area contributed by atoms with Gasteiger partial charge in [0.25, 0.3) is 0 Å². The van der Waals surface area contributed by atoms with E-state index in [1.807, 2.05) is 25.1 Å². The van der Waals surface area contributed by atoms with E-state index in [1.54, 1.807) is 11.8 Å². The molecule has 3 N–H and O–H groups in total. The molecule has 0 saturated heterocycles. The molecule has 1 fully saturated rings. The molecule has 124 valence electrons. The molecular weight excluding hydrogens is 316 g/mol. The van der Waals surface area contributed by atoms with E-state index in [-0.39, 0.29) is 29.6 Å². The van der Waals surface area contributed by atoms with Gasteiger partial charge in [-0.3, -0.25) is 4.79 Å². The van der Waals surface area contributed by atoms with E-state index in [0.717, 1.165) is 18.6 Å². The van der Waals surface area contributed by atoms with Crippen molar-refractivity contribution >= 4 is 30.1 Å². The number of carbonyl (C=O) groups excluding carboxylic acids is 1. The number of benzene rings is 1. The Labute approximate surface area is 144 Å². The SMILES string of the molecule is CC(SCc1ccccc1)C(=O)NC1CCCCC1CN.Cl. The van der Waals surface area contributed by atoms with Crippen LogP contribution >= 0.6 is 24.2 Å². The molecule has 0 radical (unpaired) electrons. The standard InChI is InChI=1S/C17H26N2OS.ClH/c1-13(21-12-14-7-3-2-4-8-14)17(20)19-16-10-6-5-9-15(16)11-18;/h2-4,7-8,13,15-16H,5-6,9-12,18H2,1H3,(H,19,20);1H.